The normalized spacial score (nSPS) is 20.1. The van der Waals surface area contributed by atoms with E-state index in [1.807, 2.05) is 0 Å². The number of hydrogen-bond donors (Lipinski definition) is 0. The Hall–Kier alpha value is -2.37. The molecule has 2 heterocycles. The number of carbonyl (C=O) groups is 1. The quantitative estimate of drug-likeness (QED) is 0.797. The zero-order valence-corrected chi connectivity index (χ0v) is 11.6. The summed E-state index contributed by atoms with van der Waals surface area (Å²) in [5, 5.41) is 0.316. The summed E-state index contributed by atoms with van der Waals surface area (Å²) in [6.45, 7) is 3.45. The van der Waals surface area contributed by atoms with Crippen molar-refractivity contribution in [2.45, 2.75) is 26.2 Å². The highest BCUT2D eigenvalue weighted by Gasteiger charge is 2.30. The third kappa shape index (κ3) is 1.98. The largest absolute Gasteiger partial charge is 0.462 e. The fourth-order valence-corrected chi connectivity index (χ4v) is 2.50. The number of carbonyl (C=O) groups excluding carboxylic acids is 1. The van der Waals surface area contributed by atoms with Crippen molar-refractivity contribution in [1.82, 2.24) is 4.57 Å². The van der Waals surface area contributed by atoms with Crippen LogP contribution in [0.4, 0.5) is 4.39 Å². The van der Waals surface area contributed by atoms with Crippen molar-refractivity contribution < 1.29 is 18.7 Å². The number of ether oxygens (including phenoxy) is 2. The molecule has 0 aliphatic carbocycles. The van der Waals surface area contributed by atoms with Crippen molar-refractivity contribution in [3.63, 3.8) is 0 Å². The summed E-state index contributed by atoms with van der Waals surface area (Å²) in [5.74, 6) is -0.404. The van der Waals surface area contributed by atoms with Gasteiger partial charge in [0.1, 0.15) is 11.3 Å². The van der Waals surface area contributed by atoms with E-state index in [0.717, 1.165) is 0 Å². The first-order valence-electron chi connectivity index (χ1n) is 6.70. The molecule has 0 saturated carbocycles. The Morgan fingerprint density at radius 1 is 1.48 bits per heavy atom. The number of para-hydroxylation sites is 1. The number of rotatable bonds is 2. The molecule has 2 aromatic rings. The number of benzene rings is 1. The minimum atomic E-state index is -1.54. The average molecular weight is 291 g/mol. The third-order valence-electron chi connectivity index (χ3n) is 3.57. The molecule has 110 valence electrons. The maximum Gasteiger partial charge on any atom is 0.343 e. The van der Waals surface area contributed by atoms with Crippen LogP contribution in [0.2, 0.25) is 0 Å². The predicted octanol–water partition coefficient (Wildman–Crippen LogP) is 2.43. The Bertz CT molecular complexity index is 783. The van der Waals surface area contributed by atoms with E-state index in [9.17, 15) is 14.0 Å². The summed E-state index contributed by atoms with van der Waals surface area (Å²) in [4.78, 5) is 24.3. The third-order valence-corrected chi connectivity index (χ3v) is 3.57. The van der Waals surface area contributed by atoms with E-state index in [2.05, 4.69) is 0 Å². The molecule has 0 spiro atoms. The van der Waals surface area contributed by atoms with Crippen LogP contribution in [-0.4, -0.2) is 23.5 Å². The molecule has 0 fully saturated rings. The fourth-order valence-electron chi connectivity index (χ4n) is 2.50. The van der Waals surface area contributed by atoms with E-state index in [4.69, 9.17) is 9.47 Å². The molecule has 3 rings (SSSR count). The second-order valence-corrected chi connectivity index (χ2v) is 4.86. The molecule has 0 N–H and O–H groups in total. The molecule has 1 aromatic heterocycles. The smallest absolute Gasteiger partial charge is 0.343 e. The summed E-state index contributed by atoms with van der Waals surface area (Å²) in [5.41, 5.74) is -0.0333. The van der Waals surface area contributed by atoms with Gasteiger partial charge >= 0.3 is 5.97 Å². The molecular weight excluding hydrogens is 277 g/mol. The lowest BCUT2D eigenvalue weighted by Crippen LogP contribution is -2.31. The Balaban J connectivity index is 2.34. The molecule has 21 heavy (non-hydrogen) atoms. The van der Waals surface area contributed by atoms with Crippen molar-refractivity contribution in [1.29, 1.82) is 0 Å². The number of pyridine rings is 1. The first kappa shape index (κ1) is 13.6. The maximum atomic E-state index is 13.9. The zero-order valence-electron chi connectivity index (χ0n) is 11.6. The van der Waals surface area contributed by atoms with Crippen LogP contribution >= 0.6 is 0 Å². The number of aromatic nitrogens is 1. The van der Waals surface area contributed by atoms with Gasteiger partial charge in [0, 0.05) is 6.20 Å². The Morgan fingerprint density at radius 2 is 2.24 bits per heavy atom. The van der Waals surface area contributed by atoms with Crippen LogP contribution in [0.1, 0.15) is 30.2 Å². The summed E-state index contributed by atoms with van der Waals surface area (Å²) >= 11 is 0. The molecule has 5 nitrogen and oxygen atoms in total. The van der Waals surface area contributed by atoms with E-state index >= 15 is 0 Å². The second-order valence-electron chi connectivity index (χ2n) is 4.86. The van der Waals surface area contributed by atoms with Gasteiger partial charge < -0.3 is 14.0 Å². The molecule has 1 aliphatic heterocycles. The predicted molar refractivity (Wildman–Crippen MR) is 74.4 cm³/mol. The van der Waals surface area contributed by atoms with E-state index in [1.54, 1.807) is 36.6 Å². The lowest BCUT2D eigenvalue weighted by Gasteiger charge is -2.29. The molecule has 6 heteroatoms. The minimum absolute atomic E-state index is 0.0950. The minimum Gasteiger partial charge on any atom is -0.462 e. The first-order chi connectivity index (χ1) is 10.0. The number of nitrogens with zero attached hydrogens (tertiary/aromatic N) is 1. The van der Waals surface area contributed by atoms with Gasteiger partial charge in [-0.25, -0.2) is 4.79 Å². The van der Waals surface area contributed by atoms with Gasteiger partial charge in [-0.15, -0.1) is 0 Å². The van der Waals surface area contributed by atoms with Crippen LogP contribution in [0.25, 0.3) is 10.9 Å². The van der Waals surface area contributed by atoms with Gasteiger partial charge in [0.15, 0.2) is 0 Å². The molecule has 0 bridgehead atoms. The van der Waals surface area contributed by atoms with Gasteiger partial charge in [0.05, 0.1) is 23.6 Å². The van der Waals surface area contributed by atoms with Crippen molar-refractivity contribution in [3.05, 3.63) is 40.2 Å². The molecule has 0 amide bonds. The SMILES string of the molecule is CCOC(=O)c1cn2c3c(cccc3c1=O)OC(F)C2C. The fraction of sp³-hybridized carbons (Fsp3) is 0.333. The standard InChI is InChI=1S/C15H14FNO4/c1-3-20-15(19)10-7-17-8(2)14(16)21-11-6-4-5-9(12(11)17)13(10)18/h4-8,14H,3H2,1-2H3. The first-order valence-corrected chi connectivity index (χ1v) is 6.70. The van der Waals surface area contributed by atoms with E-state index in [1.165, 1.54) is 6.20 Å². The van der Waals surface area contributed by atoms with Gasteiger partial charge in [-0.3, -0.25) is 4.79 Å². The van der Waals surface area contributed by atoms with Gasteiger partial charge in [-0.1, -0.05) is 6.07 Å². The number of hydrogen-bond acceptors (Lipinski definition) is 4. The maximum absolute atomic E-state index is 13.9. The zero-order chi connectivity index (χ0) is 15.1. The van der Waals surface area contributed by atoms with Gasteiger partial charge in [0.2, 0.25) is 5.43 Å². The van der Waals surface area contributed by atoms with E-state index in [-0.39, 0.29) is 12.2 Å². The summed E-state index contributed by atoms with van der Waals surface area (Å²) in [7, 11) is 0. The topological polar surface area (TPSA) is 57.5 Å². The van der Waals surface area contributed by atoms with Crippen molar-refractivity contribution >= 4 is 16.9 Å². The van der Waals surface area contributed by atoms with E-state index < -0.39 is 23.8 Å². The van der Waals surface area contributed by atoms with Crippen LogP contribution in [0.3, 0.4) is 0 Å². The number of alkyl halides is 1. The average Bonchev–Trinajstić information content (AvgIpc) is 2.46. The Morgan fingerprint density at radius 3 is 2.95 bits per heavy atom. The second kappa shape index (κ2) is 4.87. The summed E-state index contributed by atoms with van der Waals surface area (Å²) < 4.78 is 25.6. The van der Waals surface area contributed by atoms with Crippen LogP contribution in [0.5, 0.6) is 5.75 Å². The lowest BCUT2D eigenvalue weighted by molar-refractivity contribution is 0.0164. The van der Waals surface area contributed by atoms with E-state index in [0.29, 0.717) is 16.7 Å². The van der Waals surface area contributed by atoms with Gasteiger partial charge in [0.25, 0.3) is 6.36 Å². The van der Waals surface area contributed by atoms with Crippen LogP contribution < -0.4 is 10.2 Å². The Kier molecular flexibility index (Phi) is 3.16. The van der Waals surface area contributed by atoms with Crippen LogP contribution in [0.15, 0.2) is 29.2 Å². The summed E-state index contributed by atoms with van der Waals surface area (Å²) in [6.07, 6.45) is -0.188. The van der Waals surface area contributed by atoms with Crippen molar-refractivity contribution in [2.75, 3.05) is 6.61 Å². The molecular formula is C15H14FNO4. The molecule has 2 atom stereocenters. The molecule has 0 radical (unpaired) electrons. The molecule has 2 unspecified atom stereocenters. The van der Waals surface area contributed by atoms with Crippen molar-refractivity contribution in [2.24, 2.45) is 0 Å². The highest BCUT2D eigenvalue weighted by Crippen LogP contribution is 2.34. The number of esters is 1. The molecule has 1 aromatic carbocycles. The monoisotopic (exact) mass is 291 g/mol. The van der Waals surface area contributed by atoms with Crippen molar-refractivity contribution in [3.8, 4) is 5.75 Å². The summed E-state index contributed by atoms with van der Waals surface area (Å²) in [6, 6.07) is 4.15. The Labute approximate surface area is 119 Å². The highest BCUT2D eigenvalue weighted by molar-refractivity contribution is 5.95. The lowest BCUT2D eigenvalue weighted by atomic mass is 10.1. The highest BCUT2D eigenvalue weighted by atomic mass is 19.1. The molecule has 0 saturated heterocycles. The molecule has 1 aliphatic rings. The van der Waals surface area contributed by atoms with Gasteiger partial charge in [-0.2, -0.15) is 4.39 Å². The van der Waals surface area contributed by atoms with Crippen LogP contribution in [0, 0.1) is 0 Å². The van der Waals surface area contributed by atoms with Crippen LogP contribution in [-0.2, 0) is 4.74 Å². The number of halogens is 1. The van der Waals surface area contributed by atoms with Gasteiger partial charge in [-0.05, 0) is 26.0 Å².